The maximum atomic E-state index is 13.3. The first-order valence-electron chi connectivity index (χ1n) is 9.50. The minimum absolute atomic E-state index is 0.279. The Morgan fingerprint density at radius 2 is 1.66 bits per heavy atom. The van der Waals surface area contributed by atoms with Gasteiger partial charge in [0.25, 0.3) is 0 Å². The average molecular weight is 385 g/mol. The van der Waals surface area contributed by atoms with Gasteiger partial charge in [0.15, 0.2) is 17.1 Å². The fourth-order valence-electron chi connectivity index (χ4n) is 3.93. The van der Waals surface area contributed by atoms with Crippen LogP contribution < -0.4 is 0 Å². The Kier molecular flexibility index (Phi) is 3.77. The predicted octanol–water partition coefficient (Wildman–Crippen LogP) is 5.11. The van der Waals surface area contributed by atoms with E-state index in [1.165, 1.54) is 23.3 Å². The number of nitrogens with zero attached hydrogens (tertiary/aromatic N) is 5. The third-order valence-corrected chi connectivity index (χ3v) is 5.53. The first-order chi connectivity index (χ1) is 13.9. The molecule has 5 rings (SSSR count). The highest BCUT2D eigenvalue weighted by molar-refractivity contribution is 5.95. The van der Waals surface area contributed by atoms with Crippen LogP contribution in [0.4, 0.5) is 4.39 Å². The minimum atomic E-state index is -0.279. The lowest BCUT2D eigenvalue weighted by Gasteiger charge is -2.12. The Labute approximate surface area is 167 Å². The number of hydrogen-bond acceptors (Lipinski definition) is 3. The summed E-state index contributed by atoms with van der Waals surface area (Å²) in [6.45, 7) is 8.40. The van der Waals surface area contributed by atoms with E-state index in [1.54, 1.807) is 23.0 Å². The van der Waals surface area contributed by atoms with Crippen LogP contribution in [0.25, 0.3) is 33.8 Å². The number of aromatic nitrogens is 5. The number of rotatable bonds is 2. The molecule has 6 heteroatoms. The fourth-order valence-corrected chi connectivity index (χ4v) is 3.93. The standard InChI is InChI=1S/C23H20FN5/c1-13-5-10-19(14(2)11-13)29-16(4)15(3)20-22(29)25-12-28-23(20)26-21(27-28)17-6-8-18(24)9-7-17/h5-12H,1-4H3. The first-order valence-corrected chi connectivity index (χ1v) is 9.50. The Morgan fingerprint density at radius 1 is 0.897 bits per heavy atom. The summed E-state index contributed by atoms with van der Waals surface area (Å²) in [5.41, 5.74) is 8.16. The molecular weight excluding hydrogens is 365 g/mol. The van der Waals surface area contributed by atoms with Crippen molar-refractivity contribution in [1.29, 1.82) is 0 Å². The SMILES string of the molecule is Cc1ccc(-n2c(C)c(C)c3c2ncn2nc(-c4ccc(F)cc4)nc32)c(C)c1. The molecule has 0 saturated carbocycles. The molecule has 0 N–H and O–H groups in total. The Balaban J connectivity index is 1.79. The van der Waals surface area contributed by atoms with Crippen LogP contribution in [-0.4, -0.2) is 24.1 Å². The van der Waals surface area contributed by atoms with E-state index in [0.717, 1.165) is 39.2 Å². The van der Waals surface area contributed by atoms with Crippen LogP contribution in [0, 0.1) is 33.5 Å². The molecule has 3 aromatic heterocycles. The predicted molar refractivity (Wildman–Crippen MR) is 112 cm³/mol. The molecule has 144 valence electrons. The van der Waals surface area contributed by atoms with Crippen molar-refractivity contribution in [3.8, 4) is 17.1 Å². The summed E-state index contributed by atoms with van der Waals surface area (Å²) in [4.78, 5) is 9.48. The molecule has 2 aromatic carbocycles. The van der Waals surface area contributed by atoms with Gasteiger partial charge in [-0.05, 0) is 69.2 Å². The van der Waals surface area contributed by atoms with Crippen LogP contribution in [-0.2, 0) is 0 Å². The highest BCUT2D eigenvalue weighted by Gasteiger charge is 2.20. The van der Waals surface area contributed by atoms with Gasteiger partial charge in [-0.25, -0.2) is 18.9 Å². The summed E-state index contributed by atoms with van der Waals surface area (Å²) >= 11 is 0. The third kappa shape index (κ3) is 2.63. The maximum absolute atomic E-state index is 13.3. The van der Waals surface area contributed by atoms with Crippen LogP contribution in [0.1, 0.15) is 22.4 Å². The molecule has 0 unspecified atom stereocenters. The molecule has 5 nitrogen and oxygen atoms in total. The first kappa shape index (κ1) is 17.6. The number of fused-ring (bicyclic) bond motifs is 3. The molecule has 29 heavy (non-hydrogen) atoms. The van der Waals surface area contributed by atoms with Crippen molar-refractivity contribution in [1.82, 2.24) is 24.1 Å². The molecule has 0 aliphatic rings. The minimum Gasteiger partial charge on any atom is -0.298 e. The van der Waals surface area contributed by atoms with Gasteiger partial charge in [-0.2, -0.15) is 0 Å². The van der Waals surface area contributed by atoms with Crippen molar-refractivity contribution in [2.45, 2.75) is 27.7 Å². The topological polar surface area (TPSA) is 48.0 Å². The molecule has 0 aliphatic heterocycles. The zero-order valence-corrected chi connectivity index (χ0v) is 16.7. The Morgan fingerprint density at radius 3 is 2.38 bits per heavy atom. The lowest BCUT2D eigenvalue weighted by molar-refractivity contribution is 0.628. The van der Waals surface area contributed by atoms with Gasteiger partial charge < -0.3 is 0 Å². The van der Waals surface area contributed by atoms with Crippen LogP contribution in [0.3, 0.4) is 0 Å². The summed E-state index contributed by atoms with van der Waals surface area (Å²) < 4.78 is 17.2. The van der Waals surface area contributed by atoms with Gasteiger partial charge in [0, 0.05) is 11.3 Å². The molecule has 0 radical (unpaired) electrons. The van der Waals surface area contributed by atoms with E-state index in [-0.39, 0.29) is 5.82 Å². The zero-order valence-electron chi connectivity index (χ0n) is 16.7. The number of halogens is 1. The van der Waals surface area contributed by atoms with Gasteiger partial charge in [-0.3, -0.25) is 4.57 Å². The molecule has 0 atom stereocenters. The van der Waals surface area contributed by atoms with E-state index in [1.807, 2.05) is 0 Å². The lowest BCUT2D eigenvalue weighted by Crippen LogP contribution is -2.01. The van der Waals surface area contributed by atoms with Crippen molar-refractivity contribution in [2.75, 3.05) is 0 Å². The summed E-state index contributed by atoms with van der Waals surface area (Å²) in [6.07, 6.45) is 1.69. The normalized spacial score (nSPS) is 11.6. The van der Waals surface area contributed by atoms with Crippen LogP contribution >= 0.6 is 0 Å². The van der Waals surface area contributed by atoms with Crippen molar-refractivity contribution >= 4 is 16.7 Å². The van der Waals surface area contributed by atoms with E-state index < -0.39 is 0 Å². The fraction of sp³-hybridized carbons (Fsp3) is 0.174. The monoisotopic (exact) mass is 385 g/mol. The van der Waals surface area contributed by atoms with Gasteiger partial charge in [-0.15, -0.1) is 5.10 Å². The molecule has 0 saturated heterocycles. The van der Waals surface area contributed by atoms with Crippen molar-refractivity contribution < 1.29 is 4.39 Å². The second kappa shape index (κ2) is 6.24. The molecule has 0 amide bonds. The molecule has 0 bridgehead atoms. The van der Waals surface area contributed by atoms with E-state index in [9.17, 15) is 4.39 Å². The summed E-state index contributed by atoms with van der Waals surface area (Å²) in [6, 6.07) is 12.6. The summed E-state index contributed by atoms with van der Waals surface area (Å²) in [5, 5.41) is 5.53. The zero-order chi connectivity index (χ0) is 20.3. The van der Waals surface area contributed by atoms with Crippen molar-refractivity contribution in [3.63, 3.8) is 0 Å². The molecule has 5 aromatic rings. The van der Waals surface area contributed by atoms with Gasteiger partial charge in [0.05, 0.1) is 11.1 Å². The quantitative estimate of drug-likeness (QED) is 0.424. The number of aryl methyl sites for hydroxylation is 3. The molecule has 0 fully saturated rings. The van der Waals surface area contributed by atoms with Gasteiger partial charge in [0.2, 0.25) is 0 Å². The molecule has 0 aliphatic carbocycles. The molecular formula is C23H20FN5. The highest BCUT2D eigenvalue weighted by atomic mass is 19.1. The van der Waals surface area contributed by atoms with E-state index in [0.29, 0.717) is 5.82 Å². The largest absolute Gasteiger partial charge is 0.298 e. The molecule has 0 spiro atoms. The smallest absolute Gasteiger partial charge is 0.182 e. The Hall–Kier alpha value is -3.54. The van der Waals surface area contributed by atoms with E-state index in [2.05, 4.69) is 55.6 Å². The maximum Gasteiger partial charge on any atom is 0.182 e. The molecule has 3 heterocycles. The lowest BCUT2D eigenvalue weighted by atomic mass is 10.1. The van der Waals surface area contributed by atoms with Crippen molar-refractivity contribution in [3.05, 3.63) is 77.0 Å². The average Bonchev–Trinajstić information content (AvgIpc) is 3.23. The number of benzene rings is 2. The van der Waals surface area contributed by atoms with E-state index >= 15 is 0 Å². The second-order valence-corrected chi connectivity index (χ2v) is 7.49. The van der Waals surface area contributed by atoms with Crippen molar-refractivity contribution in [2.24, 2.45) is 0 Å². The summed E-state index contributed by atoms with van der Waals surface area (Å²) in [7, 11) is 0. The van der Waals surface area contributed by atoms with Gasteiger partial charge in [-0.1, -0.05) is 17.7 Å². The second-order valence-electron chi connectivity index (χ2n) is 7.49. The number of hydrogen-bond donors (Lipinski definition) is 0. The van der Waals surface area contributed by atoms with Crippen LogP contribution in [0.5, 0.6) is 0 Å². The van der Waals surface area contributed by atoms with Crippen LogP contribution in [0.2, 0.25) is 0 Å². The van der Waals surface area contributed by atoms with Gasteiger partial charge >= 0.3 is 0 Å². The van der Waals surface area contributed by atoms with Gasteiger partial charge in [0.1, 0.15) is 12.1 Å². The Bertz CT molecular complexity index is 1390. The van der Waals surface area contributed by atoms with E-state index in [4.69, 9.17) is 9.97 Å². The third-order valence-electron chi connectivity index (χ3n) is 5.53. The van der Waals surface area contributed by atoms with Crippen LogP contribution in [0.15, 0.2) is 48.8 Å². The summed E-state index contributed by atoms with van der Waals surface area (Å²) in [5.74, 6) is 0.272. The highest BCUT2D eigenvalue weighted by Crippen LogP contribution is 2.31.